The lowest BCUT2D eigenvalue weighted by molar-refractivity contribution is -0.140. The highest BCUT2D eigenvalue weighted by molar-refractivity contribution is 7.99. The second-order valence-corrected chi connectivity index (χ2v) is 4.43. The van der Waals surface area contributed by atoms with E-state index < -0.39 is 17.9 Å². The number of aliphatic carboxylic acids is 1. The van der Waals surface area contributed by atoms with Gasteiger partial charge >= 0.3 is 5.97 Å². The minimum Gasteiger partial charge on any atom is -0.507 e. The largest absolute Gasteiger partial charge is 0.507 e. The lowest BCUT2D eigenvalue weighted by Gasteiger charge is -2.12. The molecule has 0 aromatic heterocycles. The fourth-order valence-corrected chi connectivity index (χ4v) is 2.14. The van der Waals surface area contributed by atoms with E-state index >= 15 is 0 Å². The first-order valence-corrected chi connectivity index (χ1v) is 5.90. The fraction of sp³-hybridized carbons (Fsp3) is 0.273. The van der Waals surface area contributed by atoms with Crippen LogP contribution in [0.4, 0.5) is 0 Å². The highest BCUT2D eigenvalue weighted by Gasteiger charge is 2.18. The van der Waals surface area contributed by atoms with Crippen molar-refractivity contribution in [1.29, 1.82) is 0 Å². The van der Waals surface area contributed by atoms with E-state index in [4.69, 9.17) is 5.11 Å². The van der Waals surface area contributed by atoms with E-state index in [1.54, 1.807) is 18.2 Å². The van der Waals surface area contributed by atoms with Gasteiger partial charge in [0.25, 0.3) is 0 Å². The van der Waals surface area contributed by atoms with Crippen molar-refractivity contribution in [3.8, 4) is 5.75 Å². The Kier molecular flexibility index (Phi) is 4.84. The van der Waals surface area contributed by atoms with Crippen LogP contribution in [-0.4, -0.2) is 33.9 Å². The van der Waals surface area contributed by atoms with Crippen molar-refractivity contribution in [2.75, 3.05) is 5.75 Å². The lowest BCUT2D eigenvalue weighted by Crippen LogP contribution is -2.41. The highest BCUT2D eigenvalue weighted by atomic mass is 32.2. The van der Waals surface area contributed by atoms with Crippen LogP contribution < -0.4 is 5.32 Å². The smallest absolute Gasteiger partial charge is 0.327 e. The average molecular weight is 255 g/mol. The molecule has 0 aliphatic heterocycles. The minimum absolute atomic E-state index is 0.101. The predicted octanol–water partition coefficient (Wildman–Crippen LogP) is 1.07. The normalized spacial score (nSPS) is 11.8. The van der Waals surface area contributed by atoms with Crippen LogP contribution in [0, 0.1) is 0 Å². The molecule has 1 atom stereocenters. The Morgan fingerprint density at radius 2 is 2.06 bits per heavy atom. The van der Waals surface area contributed by atoms with Crippen LogP contribution in [0.1, 0.15) is 6.92 Å². The second-order valence-electron chi connectivity index (χ2n) is 3.37. The zero-order valence-corrected chi connectivity index (χ0v) is 10.0. The van der Waals surface area contributed by atoms with Crippen LogP contribution in [0.15, 0.2) is 29.2 Å². The number of phenolic OH excluding ortho intramolecular Hbond substituents is 1. The van der Waals surface area contributed by atoms with E-state index in [0.29, 0.717) is 4.90 Å². The van der Waals surface area contributed by atoms with Crippen molar-refractivity contribution in [2.45, 2.75) is 17.9 Å². The topological polar surface area (TPSA) is 86.6 Å². The monoisotopic (exact) mass is 255 g/mol. The summed E-state index contributed by atoms with van der Waals surface area (Å²) < 4.78 is 0. The van der Waals surface area contributed by atoms with Gasteiger partial charge < -0.3 is 15.5 Å². The molecule has 92 valence electrons. The fourth-order valence-electron chi connectivity index (χ4n) is 1.17. The molecule has 0 fully saturated rings. The number of amides is 1. The molecule has 1 aromatic carbocycles. The number of carbonyl (C=O) groups is 2. The molecule has 5 nitrogen and oxygen atoms in total. The number of hydrogen-bond donors (Lipinski definition) is 3. The van der Waals surface area contributed by atoms with Crippen molar-refractivity contribution in [1.82, 2.24) is 5.32 Å². The predicted molar refractivity (Wildman–Crippen MR) is 64.1 cm³/mol. The molecule has 1 rings (SSSR count). The van der Waals surface area contributed by atoms with Gasteiger partial charge in [0.05, 0.1) is 0 Å². The maximum absolute atomic E-state index is 10.9. The van der Waals surface area contributed by atoms with E-state index in [-0.39, 0.29) is 11.5 Å². The van der Waals surface area contributed by atoms with Crippen LogP contribution in [0.3, 0.4) is 0 Å². The molecule has 0 unspecified atom stereocenters. The van der Waals surface area contributed by atoms with Gasteiger partial charge in [0.2, 0.25) is 5.91 Å². The molecule has 17 heavy (non-hydrogen) atoms. The van der Waals surface area contributed by atoms with Gasteiger partial charge in [-0.2, -0.15) is 0 Å². The molecule has 6 heteroatoms. The van der Waals surface area contributed by atoms with Gasteiger partial charge in [-0.15, -0.1) is 11.8 Å². The van der Waals surface area contributed by atoms with Gasteiger partial charge in [0.1, 0.15) is 11.8 Å². The Labute approximate surface area is 103 Å². The third kappa shape index (κ3) is 4.36. The van der Waals surface area contributed by atoms with Crippen molar-refractivity contribution in [2.24, 2.45) is 0 Å². The summed E-state index contributed by atoms with van der Waals surface area (Å²) in [5.41, 5.74) is 0. The maximum Gasteiger partial charge on any atom is 0.327 e. The number of thioether (sulfide) groups is 1. The number of carboxylic acids is 1. The number of hydrogen-bond acceptors (Lipinski definition) is 4. The summed E-state index contributed by atoms with van der Waals surface area (Å²) in [7, 11) is 0. The summed E-state index contributed by atoms with van der Waals surface area (Å²) in [5.74, 6) is -1.23. The second kappa shape index (κ2) is 6.15. The SMILES string of the molecule is CC(=O)N[C@@H](CSc1ccccc1O)C(=O)O. The first-order chi connectivity index (χ1) is 8.00. The van der Waals surface area contributed by atoms with E-state index in [1.165, 1.54) is 24.8 Å². The van der Waals surface area contributed by atoms with Crippen LogP contribution in [-0.2, 0) is 9.59 Å². The Morgan fingerprint density at radius 1 is 1.41 bits per heavy atom. The third-order valence-corrected chi connectivity index (χ3v) is 3.10. The summed E-state index contributed by atoms with van der Waals surface area (Å²) >= 11 is 1.18. The first-order valence-electron chi connectivity index (χ1n) is 4.91. The van der Waals surface area contributed by atoms with Gasteiger partial charge in [0, 0.05) is 17.6 Å². The number of aromatic hydroxyl groups is 1. The molecule has 1 amide bonds. The van der Waals surface area contributed by atoms with Crippen LogP contribution in [0.5, 0.6) is 5.75 Å². The van der Waals surface area contributed by atoms with E-state index in [1.807, 2.05) is 0 Å². The van der Waals surface area contributed by atoms with Crippen molar-refractivity contribution >= 4 is 23.6 Å². The number of rotatable bonds is 5. The molecule has 0 bridgehead atoms. The molecular weight excluding hydrogens is 242 g/mol. The van der Waals surface area contributed by atoms with Gasteiger partial charge in [0.15, 0.2) is 0 Å². The van der Waals surface area contributed by atoms with Gasteiger partial charge in [-0.25, -0.2) is 4.79 Å². The summed E-state index contributed by atoms with van der Waals surface area (Å²) in [6, 6.07) is 5.68. The van der Waals surface area contributed by atoms with Crippen LogP contribution in [0.2, 0.25) is 0 Å². The number of nitrogens with one attached hydrogen (secondary N) is 1. The van der Waals surface area contributed by atoms with E-state index in [9.17, 15) is 14.7 Å². The molecule has 0 spiro atoms. The highest BCUT2D eigenvalue weighted by Crippen LogP contribution is 2.27. The third-order valence-electron chi connectivity index (χ3n) is 1.95. The molecule has 0 aliphatic carbocycles. The number of phenols is 1. The number of benzene rings is 1. The standard InChI is InChI=1S/C11H13NO4S/c1-7(13)12-8(11(15)16)6-17-10-5-3-2-4-9(10)14/h2-5,8,14H,6H2,1H3,(H,12,13)(H,15,16)/t8-/m0/s1. The Morgan fingerprint density at radius 3 is 2.59 bits per heavy atom. The lowest BCUT2D eigenvalue weighted by atomic mass is 10.3. The Balaban J connectivity index is 2.61. The summed E-state index contributed by atoms with van der Waals surface area (Å²) in [6.07, 6.45) is 0. The molecule has 0 aliphatic rings. The molecule has 0 saturated heterocycles. The molecule has 0 heterocycles. The maximum atomic E-state index is 10.9. The molecular formula is C11H13NO4S. The first kappa shape index (κ1) is 13.4. The van der Waals surface area contributed by atoms with E-state index in [0.717, 1.165) is 0 Å². The average Bonchev–Trinajstić information content (AvgIpc) is 2.25. The molecule has 0 radical (unpaired) electrons. The van der Waals surface area contributed by atoms with E-state index in [2.05, 4.69) is 5.32 Å². The summed E-state index contributed by atoms with van der Waals surface area (Å²) in [5, 5.41) is 20.7. The quantitative estimate of drug-likeness (QED) is 0.685. The van der Waals surface area contributed by atoms with Gasteiger partial charge in [-0.1, -0.05) is 12.1 Å². The Bertz CT molecular complexity index is 422. The zero-order chi connectivity index (χ0) is 12.8. The van der Waals surface area contributed by atoms with Crippen molar-refractivity contribution in [3.63, 3.8) is 0 Å². The Hall–Kier alpha value is -1.69. The molecule has 0 saturated carbocycles. The summed E-state index contributed by atoms with van der Waals surface area (Å²) in [6.45, 7) is 1.26. The molecule has 1 aromatic rings. The van der Waals surface area contributed by atoms with Gasteiger partial charge in [-0.05, 0) is 12.1 Å². The zero-order valence-electron chi connectivity index (χ0n) is 9.21. The van der Waals surface area contributed by atoms with Crippen molar-refractivity contribution < 1.29 is 19.8 Å². The number of carboxylic acid groups (broad SMARTS) is 1. The molecule has 3 N–H and O–H groups in total. The summed E-state index contributed by atoms with van der Waals surface area (Å²) in [4.78, 5) is 22.2. The van der Waals surface area contributed by atoms with Gasteiger partial charge in [-0.3, -0.25) is 4.79 Å². The number of carbonyl (C=O) groups excluding carboxylic acids is 1. The van der Waals surface area contributed by atoms with Crippen molar-refractivity contribution in [3.05, 3.63) is 24.3 Å². The minimum atomic E-state index is -1.09. The number of para-hydroxylation sites is 1. The van der Waals surface area contributed by atoms with Crippen LogP contribution in [0.25, 0.3) is 0 Å². The van der Waals surface area contributed by atoms with Crippen LogP contribution >= 0.6 is 11.8 Å².